The predicted octanol–water partition coefficient (Wildman–Crippen LogP) is 4.39. The minimum absolute atomic E-state index is 0.165. The minimum atomic E-state index is -0.274. The monoisotopic (exact) mass is 318 g/mol. The van der Waals surface area contributed by atoms with Crippen LogP contribution in [0.3, 0.4) is 0 Å². The lowest BCUT2D eigenvalue weighted by Gasteiger charge is -2.32. The summed E-state index contributed by atoms with van der Waals surface area (Å²) in [6.45, 7) is 10.9. The second-order valence-corrected chi connectivity index (χ2v) is 7.52. The summed E-state index contributed by atoms with van der Waals surface area (Å²) in [6.07, 6.45) is 3.09. The van der Waals surface area contributed by atoms with Crippen LogP contribution in [-0.4, -0.2) is 25.1 Å². The van der Waals surface area contributed by atoms with Gasteiger partial charge in [-0.25, -0.2) is 0 Å². The number of hydrogen-bond acceptors (Lipinski definition) is 4. The van der Waals surface area contributed by atoms with Crippen LogP contribution in [0.5, 0.6) is 11.5 Å². The van der Waals surface area contributed by atoms with Crippen molar-refractivity contribution in [3.63, 3.8) is 0 Å². The molecule has 0 aromatic heterocycles. The van der Waals surface area contributed by atoms with Crippen molar-refractivity contribution in [2.24, 2.45) is 0 Å². The summed E-state index contributed by atoms with van der Waals surface area (Å²) in [5.41, 5.74) is 0.720. The van der Waals surface area contributed by atoms with Crippen LogP contribution in [0, 0.1) is 0 Å². The Balaban J connectivity index is 1.75. The summed E-state index contributed by atoms with van der Waals surface area (Å²) in [5, 5.41) is 0. The van der Waals surface area contributed by atoms with E-state index in [2.05, 4.69) is 46.8 Å². The summed E-state index contributed by atoms with van der Waals surface area (Å²) in [4.78, 5) is 0. The van der Waals surface area contributed by atoms with Gasteiger partial charge in [0.25, 0.3) is 0 Å². The molecule has 0 bridgehead atoms. The minimum Gasteiger partial charge on any atom is -0.454 e. The van der Waals surface area contributed by atoms with E-state index in [0.29, 0.717) is 12.7 Å². The van der Waals surface area contributed by atoms with Crippen LogP contribution in [0.25, 0.3) is 0 Å². The highest BCUT2D eigenvalue weighted by molar-refractivity contribution is 6.45. The van der Waals surface area contributed by atoms with E-state index in [9.17, 15) is 0 Å². The standard InChI is InChI=1S/C18H27BO4/c1-6-7-14(11-19-22-17(2,3)18(4,5)23-19)13-8-9-15-16(10-13)21-12-20-15/h8-10,14H,6-7,11-12H2,1-5H3/t14-/m0/s1. The molecular weight excluding hydrogens is 291 g/mol. The average molecular weight is 318 g/mol. The van der Waals surface area contributed by atoms with E-state index < -0.39 is 0 Å². The van der Waals surface area contributed by atoms with Gasteiger partial charge in [-0.05, 0) is 64.1 Å². The Morgan fingerprint density at radius 3 is 2.35 bits per heavy atom. The quantitative estimate of drug-likeness (QED) is 0.755. The fourth-order valence-corrected chi connectivity index (χ4v) is 3.23. The Morgan fingerprint density at radius 1 is 1.04 bits per heavy atom. The first-order valence-electron chi connectivity index (χ1n) is 8.57. The zero-order valence-corrected chi connectivity index (χ0v) is 14.8. The molecule has 0 N–H and O–H groups in total. The van der Waals surface area contributed by atoms with Gasteiger partial charge in [-0.1, -0.05) is 19.4 Å². The van der Waals surface area contributed by atoms with Crippen LogP contribution in [0.2, 0.25) is 6.32 Å². The first-order chi connectivity index (χ1) is 10.8. The van der Waals surface area contributed by atoms with Crippen molar-refractivity contribution in [1.29, 1.82) is 0 Å². The van der Waals surface area contributed by atoms with Gasteiger partial charge in [0.15, 0.2) is 11.5 Å². The molecule has 1 fully saturated rings. The van der Waals surface area contributed by atoms with E-state index in [-0.39, 0.29) is 18.3 Å². The van der Waals surface area contributed by atoms with Gasteiger partial charge in [0.2, 0.25) is 6.79 Å². The van der Waals surface area contributed by atoms with Crippen molar-refractivity contribution >= 4 is 7.12 Å². The molecule has 5 heteroatoms. The maximum atomic E-state index is 6.18. The molecule has 23 heavy (non-hydrogen) atoms. The second kappa shape index (κ2) is 6.02. The van der Waals surface area contributed by atoms with Crippen LogP contribution in [0.1, 0.15) is 58.9 Å². The van der Waals surface area contributed by atoms with Crippen LogP contribution >= 0.6 is 0 Å². The van der Waals surface area contributed by atoms with Gasteiger partial charge >= 0.3 is 7.12 Å². The van der Waals surface area contributed by atoms with E-state index >= 15 is 0 Å². The molecule has 1 aromatic rings. The molecule has 3 rings (SSSR count). The third-order valence-corrected chi connectivity index (χ3v) is 5.28. The molecule has 1 aromatic carbocycles. The van der Waals surface area contributed by atoms with E-state index in [1.165, 1.54) is 5.56 Å². The number of ether oxygens (including phenoxy) is 2. The van der Waals surface area contributed by atoms with E-state index in [0.717, 1.165) is 30.7 Å². The molecule has 0 aliphatic carbocycles. The highest BCUT2D eigenvalue weighted by Crippen LogP contribution is 2.42. The Kier molecular flexibility index (Phi) is 4.36. The normalized spacial score (nSPS) is 22.4. The largest absolute Gasteiger partial charge is 0.458 e. The topological polar surface area (TPSA) is 36.9 Å². The molecule has 1 saturated heterocycles. The van der Waals surface area contributed by atoms with Gasteiger partial charge < -0.3 is 18.8 Å². The highest BCUT2D eigenvalue weighted by atomic mass is 16.7. The zero-order valence-electron chi connectivity index (χ0n) is 14.8. The lowest BCUT2D eigenvalue weighted by Crippen LogP contribution is -2.41. The first kappa shape index (κ1) is 16.7. The van der Waals surface area contributed by atoms with E-state index in [4.69, 9.17) is 18.8 Å². The van der Waals surface area contributed by atoms with Gasteiger partial charge in [-0.3, -0.25) is 0 Å². The third-order valence-electron chi connectivity index (χ3n) is 5.28. The fourth-order valence-electron chi connectivity index (χ4n) is 3.23. The molecule has 0 amide bonds. The molecule has 2 aliphatic heterocycles. The molecule has 0 radical (unpaired) electrons. The summed E-state index contributed by atoms with van der Waals surface area (Å²) in [7, 11) is -0.165. The highest BCUT2D eigenvalue weighted by Gasteiger charge is 2.51. The van der Waals surface area contributed by atoms with E-state index in [1.807, 2.05) is 6.07 Å². The van der Waals surface area contributed by atoms with Gasteiger partial charge in [0.1, 0.15) is 0 Å². The van der Waals surface area contributed by atoms with Crippen molar-refractivity contribution in [1.82, 2.24) is 0 Å². The Bertz CT molecular complexity index is 554. The van der Waals surface area contributed by atoms with Crippen LogP contribution in [0.4, 0.5) is 0 Å². The zero-order chi connectivity index (χ0) is 16.7. The number of benzene rings is 1. The molecule has 2 aliphatic rings. The van der Waals surface area contributed by atoms with Crippen LogP contribution < -0.4 is 9.47 Å². The van der Waals surface area contributed by atoms with Crippen molar-refractivity contribution in [2.45, 2.75) is 70.9 Å². The number of hydrogen-bond donors (Lipinski definition) is 0. The average Bonchev–Trinajstić information content (AvgIpc) is 2.99. The Hall–Kier alpha value is -1.20. The summed E-state index contributed by atoms with van der Waals surface area (Å²) >= 11 is 0. The first-order valence-corrected chi connectivity index (χ1v) is 8.57. The molecule has 0 unspecified atom stereocenters. The van der Waals surface area contributed by atoms with Gasteiger partial charge in [0, 0.05) is 0 Å². The molecule has 126 valence electrons. The summed E-state index contributed by atoms with van der Waals surface area (Å²) in [6, 6.07) is 6.25. The molecule has 0 saturated carbocycles. The van der Waals surface area contributed by atoms with Gasteiger partial charge in [-0.2, -0.15) is 0 Å². The number of rotatable bonds is 5. The Labute approximate surface area is 139 Å². The molecule has 1 atom stereocenters. The van der Waals surface area contributed by atoms with E-state index in [1.54, 1.807) is 0 Å². The Morgan fingerprint density at radius 2 is 1.70 bits per heavy atom. The van der Waals surface area contributed by atoms with Gasteiger partial charge in [0.05, 0.1) is 11.2 Å². The maximum absolute atomic E-state index is 6.18. The lowest BCUT2D eigenvalue weighted by molar-refractivity contribution is 0.00578. The summed E-state index contributed by atoms with van der Waals surface area (Å²) in [5.74, 6) is 2.07. The van der Waals surface area contributed by atoms with Crippen molar-refractivity contribution in [2.75, 3.05) is 6.79 Å². The molecule has 0 spiro atoms. The van der Waals surface area contributed by atoms with Crippen molar-refractivity contribution < 1.29 is 18.8 Å². The molecular formula is C18H27BO4. The van der Waals surface area contributed by atoms with Gasteiger partial charge in [-0.15, -0.1) is 0 Å². The predicted molar refractivity (Wildman–Crippen MR) is 91.1 cm³/mol. The second-order valence-electron chi connectivity index (χ2n) is 7.52. The summed E-state index contributed by atoms with van der Waals surface area (Å²) < 4.78 is 23.3. The fraction of sp³-hybridized carbons (Fsp3) is 0.667. The van der Waals surface area contributed by atoms with Crippen LogP contribution in [0.15, 0.2) is 18.2 Å². The molecule has 2 heterocycles. The smallest absolute Gasteiger partial charge is 0.454 e. The maximum Gasteiger partial charge on any atom is 0.458 e. The number of fused-ring (bicyclic) bond motifs is 1. The van der Waals surface area contributed by atoms with Crippen LogP contribution in [-0.2, 0) is 9.31 Å². The van der Waals surface area contributed by atoms with Crippen molar-refractivity contribution in [3.8, 4) is 11.5 Å². The van der Waals surface area contributed by atoms with Crippen molar-refractivity contribution in [3.05, 3.63) is 23.8 Å². The third kappa shape index (κ3) is 3.22. The molecule has 4 nitrogen and oxygen atoms in total. The SMILES string of the molecule is CCC[C@@H](CB1OC(C)(C)C(C)(C)O1)c1ccc2c(c1)OCO2. The lowest BCUT2D eigenvalue weighted by atomic mass is 9.73.